The molecule has 7 nitrogen and oxygen atoms in total. The number of anilines is 1. The van der Waals surface area contributed by atoms with Crippen LogP contribution in [-0.4, -0.2) is 77.9 Å². The van der Waals surface area contributed by atoms with Gasteiger partial charge in [0.15, 0.2) is 11.4 Å². The lowest BCUT2D eigenvalue weighted by Crippen LogP contribution is -2.55. The summed E-state index contributed by atoms with van der Waals surface area (Å²) in [5.41, 5.74) is 0.472. The molecule has 26 heavy (non-hydrogen) atoms. The third-order valence-electron chi connectivity index (χ3n) is 5.43. The van der Waals surface area contributed by atoms with Crippen molar-refractivity contribution in [1.29, 1.82) is 0 Å². The van der Waals surface area contributed by atoms with Gasteiger partial charge in [-0.25, -0.2) is 9.18 Å². The zero-order valence-electron chi connectivity index (χ0n) is 15.2. The van der Waals surface area contributed by atoms with Gasteiger partial charge in [0, 0.05) is 45.3 Å². The topological polar surface area (TPSA) is 56.1 Å². The number of amides is 2. The van der Waals surface area contributed by atoms with Crippen LogP contribution in [0.5, 0.6) is 0 Å². The maximum Gasteiger partial charge on any atom is 0.321 e. The molecule has 0 N–H and O–H groups in total. The first kappa shape index (κ1) is 17.1. The number of fused-ring (bicyclic) bond motifs is 1. The van der Waals surface area contributed by atoms with Crippen LogP contribution >= 0.6 is 0 Å². The molecule has 3 heterocycles. The number of urea groups is 1. The summed E-state index contributed by atoms with van der Waals surface area (Å²) in [6, 6.07) is 4.65. The number of hydrogen-bond acceptors (Lipinski definition) is 5. The smallest absolute Gasteiger partial charge is 0.321 e. The molecule has 0 bridgehead atoms. The van der Waals surface area contributed by atoms with E-state index < -0.39 is 0 Å². The molecule has 0 aliphatic carbocycles. The molecule has 8 heteroatoms. The highest BCUT2D eigenvalue weighted by Gasteiger charge is 2.39. The standard InChI is InChI=1S/C18H24FN5O2/c1-3-21-12-16(24(4-2)18(21)25)22-7-9-23(10-8-22)17-14-6-5-13(19)11-15(14)26-20-17/h5-6,11,16H,3-4,7-10,12H2,1-2H3. The molecule has 0 radical (unpaired) electrons. The lowest BCUT2D eigenvalue weighted by Gasteiger charge is -2.40. The van der Waals surface area contributed by atoms with Gasteiger partial charge in [0.25, 0.3) is 0 Å². The van der Waals surface area contributed by atoms with Crippen LogP contribution in [0.1, 0.15) is 13.8 Å². The Bertz CT molecular complexity index is 802. The zero-order valence-corrected chi connectivity index (χ0v) is 15.2. The van der Waals surface area contributed by atoms with Gasteiger partial charge in [0.1, 0.15) is 12.0 Å². The molecular weight excluding hydrogens is 337 g/mol. The van der Waals surface area contributed by atoms with Crippen molar-refractivity contribution in [2.45, 2.75) is 20.0 Å². The van der Waals surface area contributed by atoms with Crippen LogP contribution in [0.2, 0.25) is 0 Å². The summed E-state index contributed by atoms with van der Waals surface area (Å²) in [7, 11) is 0. The molecule has 0 spiro atoms. The van der Waals surface area contributed by atoms with Gasteiger partial charge in [-0.3, -0.25) is 4.90 Å². The largest absolute Gasteiger partial charge is 0.354 e. The molecule has 1 aromatic heterocycles. The monoisotopic (exact) mass is 361 g/mol. The quantitative estimate of drug-likeness (QED) is 0.836. The fourth-order valence-corrected chi connectivity index (χ4v) is 3.96. The SMILES string of the molecule is CCN1CC(N2CCN(c3noc4cc(F)ccc34)CC2)N(CC)C1=O. The maximum atomic E-state index is 13.3. The van der Waals surface area contributed by atoms with Crippen molar-refractivity contribution in [3.63, 3.8) is 0 Å². The van der Waals surface area contributed by atoms with Gasteiger partial charge in [0.05, 0.1) is 11.9 Å². The van der Waals surface area contributed by atoms with Gasteiger partial charge in [-0.15, -0.1) is 0 Å². The highest BCUT2D eigenvalue weighted by atomic mass is 19.1. The van der Waals surface area contributed by atoms with Crippen LogP contribution in [0.15, 0.2) is 22.7 Å². The number of rotatable bonds is 4. The number of piperazine rings is 1. The first-order valence-electron chi connectivity index (χ1n) is 9.21. The second kappa shape index (κ2) is 6.75. The van der Waals surface area contributed by atoms with Crippen molar-refractivity contribution < 1.29 is 13.7 Å². The summed E-state index contributed by atoms with van der Waals surface area (Å²) in [6.45, 7) is 9.57. The normalized spacial score (nSPS) is 22.0. The Morgan fingerprint density at radius 3 is 2.65 bits per heavy atom. The summed E-state index contributed by atoms with van der Waals surface area (Å²) in [4.78, 5) is 20.8. The fourth-order valence-electron chi connectivity index (χ4n) is 3.96. The summed E-state index contributed by atoms with van der Waals surface area (Å²) in [6.07, 6.45) is 0.137. The maximum absolute atomic E-state index is 13.3. The van der Waals surface area contributed by atoms with Crippen LogP contribution in [-0.2, 0) is 0 Å². The summed E-state index contributed by atoms with van der Waals surface area (Å²) in [5.74, 6) is 0.445. The van der Waals surface area contributed by atoms with E-state index in [-0.39, 0.29) is 18.0 Å². The van der Waals surface area contributed by atoms with Gasteiger partial charge in [-0.05, 0) is 26.0 Å². The average molecular weight is 361 g/mol. The number of nitrogens with zero attached hydrogens (tertiary/aromatic N) is 5. The molecule has 1 aromatic carbocycles. The molecule has 140 valence electrons. The number of hydrogen-bond donors (Lipinski definition) is 0. The zero-order chi connectivity index (χ0) is 18.3. The lowest BCUT2D eigenvalue weighted by molar-refractivity contribution is 0.0934. The highest BCUT2D eigenvalue weighted by molar-refractivity contribution is 5.88. The first-order chi connectivity index (χ1) is 12.6. The van der Waals surface area contributed by atoms with E-state index in [2.05, 4.69) is 15.0 Å². The number of carbonyl (C=O) groups is 1. The molecule has 2 aliphatic heterocycles. The van der Waals surface area contributed by atoms with Crippen LogP contribution in [0.4, 0.5) is 15.0 Å². The van der Waals surface area contributed by atoms with E-state index in [0.717, 1.165) is 57.0 Å². The lowest BCUT2D eigenvalue weighted by atomic mass is 10.2. The molecule has 1 atom stereocenters. The second-order valence-electron chi connectivity index (χ2n) is 6.76. The van der Waals surface area contributed by atoms with Gasteiger partial charge in [-0.1, -0.05) is 5.16 Å². The van der Waals surface area contributed by atoms with Crippen LogP contribution in [0, 0.1) is 5.82 Å². The molecule has 2 amide bonds. The Balaban J connectivity index is 1.46. The van der Waals surface area contributed by atoms with Crippen molar-refractivity contribution in [3.05, 3.63) is 24.0 Å². The molecular formula is C18H24FN5O2. The minimum atomic E-state index is -0.323. The van der Waals surface area contributed by atoms with Crippen molar-refractivity contribution in [2.24, 2.45) is 0 Å². The third kappa shape index (κ3) is 2.78. The van der Waals surface area contributed by atoms with E-state index >= 15 is 0 Å². The Kier molecular flexibility index (Phi) is 4.44. The number of carbonyl (C=O) groups excluding carboxylic acids is 1. The number of benzene rings is 1. The van der Waals surface area contributed by atoms with Gasteiger partial charge >= 0.3 is 6.03 Å². The van der Waals surface area contributed by atoms with E-state index in [1.165, 1.54) is 12.1 Å². The van der Waals surface area contributed by atoms with Crippen LogP contribution in [0.25, 0.3) is 11.0 Å². The predicted octanol–water partition coefficient (Wildman–Crippen LogP) is 2.19. The summed E-state index contributed by atoms with van der Waals surface area (Å²) in [5, 5.41) is 4.98. The molecule has 0 saturated carbocycles. The van der Waals surface area contributed by atoms with Crippen LogP contribution in [0.3, 0.4) is 0 Å². The Labute approximate surface area is 151 Å². The summed E-state index contributed by atoms with van der Waals surface area (Å²) >= 11 is 0. The van der Waals surface area contributed by atoms with E-state index in [4.69, 9.17) is 4.52 Å². The van der Waals surface area contributed by atoms with Crippen molar-refractivity contribution in [1.82, 2.24) is 19.9 Å². The molecule has 4 rings (SSSR count). The molecule has 2 aromatic rings. The Hall–Kier alpha value is -2.35. The molecule has 1 unspecified atom stereocenters. The van der Waals surface area contributed by atoms with E-state index in [1.54, 1.807) is 6.07 Å². The van der Waals surface area contributed by atoms with Gasteiger partial charge in [-0.2, -0.15) is 0 Å². The first-order valence-corrected chi connectivity index (χ1v) is 9.21. The second-order valence-corrected chi connectivity index (χ2v) is 6.76. The van der Waals surface area contributed by atoms with Crippen LogP contribution < -0.4 is 4.90 Å². The van der Waals surface area contributed by atoms with Crippen molar-refractivity contribution in [2.75, 3.05) is 50.7 Å². The van der Waals surface area contributed by atoms with Gasteiger partial charge < -0.3 is 19.2 Å². The van der Waals surface area contributed by atoms with E-state index in [0.29, 0.717) is 5.58 Å². The number of halogens is 1. The molecule has 2 saturated heterocycles. The van der Waals surface area contributed by atoms with Crippen molar-refractivity contribution >= 4 is 22.8 Å². The third-order valence-corrected chi connectivity index (χ3v) is 5.43. The van der Waals surface area contributed by atoms with Gasteiger partial charge in [0.2, 0.25) is 0 Å². The fraction of sp³-hybridized carbons (Fsp3) is 0.556. The number of likely N-dealkylation sites (N-methyl/N-ethyl adjacent to an activating group) is 2. The highest BCUT2D eigenvalue weighted by Crippen LogP contribution is 2.28. The van der Waals surface area contributed by atoms with Crippen molar-refractivity contribution in [3.8, 4) is 0 Å². The minimum Gasteiger partial charge on any atom is -0.354 e. The predicted molar refractivity (Wildman–Crippen MR) is 96.6 cm³/mol. The molecule has 2 fully saturated rings. The average Bonchev–Trinajstić information content (AvgIpc) is 3.22. The number of aromatic nitrogens is 1. The molecule has 2 aliphatic rings. The van der Waals surface area contributed by atoms with E-state index in [9.17, 15) is 9.18 Å². The Morgan fingerprint density at radius 2 is 1.96 bits per heavy atom. The summed E-state index contributed by atoms with van der Waals surface area (Å²) < 4.78 is 18.6. The Morgan fingerprint density at radius 1 is 1.19 bits per heavy atom. The minimum absolute atomic E-state index is 0.131. The van der Waals surface area contributed by atoms with E-state index in [1.807, 2.05) is 23.6 Å².